The highest BCUT2D eigenvalue weighted by Crippen LogP contribution is 2.42. The van der Waals surface area contributed by atoms with Gasteiger partial charge < -0.3 is 0 Å². The Morgan fingerprint density at radius 1 is 0.926 bits per heavy atom. The van der Waals surface area contributed by atoms with Crippen LogP contribution in [0.1, 0.15) is 19.4 Å². The predicted octanol–water partition coefficient (Wildman–Crippen LogP) is 6.18. The molecule has 0 spiro atoms. The highest BCUT2D eigenvalue weighted by atomic mass is 35.5. The zero-order valence-electron chi connectivity index (χ0n) is 14.6. The van der Waals surface area contributed by atoms with Crippen molar-refractivity contribution in [2.45, 2.75) is 18.7 Å². The fraction of sp³-hybridized carbons (Fsp3) is 0.200. The molecule has 0 saturated heterocycles. The van der Waals surface area contributed by atoms with Crippen LogP contribution in [0.4, 0.5) is 0 Å². The summed E-state index contributed by atoms with van der Waals surface area (Å²) in [6.45, 7) is 4.26. The predicted molar refractivity (Wildman–Crippen MR) is 112 cm³/mol. The quantitative estimate of drug-likeness (QED) is 0.521. The third kappa shape index (κ3) is 4.35. The van der Waals surface area contributed by atoms with E-state index in [0.29, 0.717) is 37.7 Å². The molecule has 0 aliphatic carbocycles. The van der Waals surface area contributed by atoms with Gasteiger partial charge in [0.25, 0.3) is 11.8 Å². The van der Waals surface area contributed by atoms with E-state index < -0.39 is 0 Å². The van der Waals surface area contributed by atoms with Crippen LogP contribution < -0.4 is 0 Å². The SMILES string of the molecule is CC(C)CN1C(=O)C(Sc2ccc(Cl)cc2)=C(c2ccc(Cl)cc2Cl)C1=O. The lowest BCUT2D eigenvalue weighted by molar-refractivity contribution is -0.137. The van der Waals surface area contributed by atoms with Crippen LogP contribution in [-0.2, 0) is 9.59 Å². The first kappa shape index (κ1) is 20.3. The maximum atomic E-state index is 13.1. The summed E-state index contributed by atoms with van der Waals surface area (Å²) in [4.78, 5) is 28.5. The molecule has 3 rings (SSSR count). The van der Waals surface area contributed by atoms with Crippen molar-refractivity contribution in [1.82, 2.24) is 4.90 Å². The van der Waals surface area contributed by atoms with Gasteiger partial charge in [-0.15, -0.1) is 0 Å². The van der Waals surface area contributed by atoms with Gasteiger partial charge in [0, 0.05) is 27.0 Å². The topological polar surface area (TPSA) is 37.4 Å². The summed E-state index contributed by atoms with van der Waals surface area (Å²) in [5.41, 5.74) is 0.810. The number of hydrogen-bond acceptors (Lipinski definition) is 3. The zero-order chi connectivity index (χ0) is 19.7. The minimum Gasteiger partial charge on any atom is -0.274 e. The van der Waals surface area contributed by atoms with Crippen molar-refractivity contribution in [3.8, 4) is 0 Å². The van der Waals surface area contributed by atoms with Gasteiger partial charge in [-0.2, -0.15) is 0 Å². The van der Waals surface area contributed by atoms with E-state index >= 15 is 0 Å². The molecule has 1 aliphatic heterocycles. The number of amides is 2. The van der Waals surface area contributed by atoms with Crippen LogP contribution in [0.15, 0.2) is 52.3 Å². The summed E-state index contributed by atoms with van der Waals surface area (Å²) in [6, 6.07) is 12.0. The van der Waals surface area contributed by atoms with Crippen molar-refractivity contribution >= 4 is 64.0 Å². The van der Waals surface area contributed by atoms with Gasteiger partial charge in [0.05, 0.1) is 15.5 Å². The Morgan fingerprint density at radius 3 is 2.15 bits per heavy atom. The molecule has 0 aromatic heterocycles. The Morgan fingerprint density at radius 2 is 1.56 bits per heavy atom. The van der Waals surface area contributed by atoms with Crippen LogP contribution in [0, 0.1) is 5.92 Å². The standard InChI is InChI=1S/C20H16Cl3NO2S/c1-11(2)10-24-19(25)17(15-8-5-13(22)9-16(15)23)18(20(24)26)27-14-6-3-12(21)4-7-14/h3-9,11H,10H2,1-2H3. The number of nitrogens with zero attached hydrogens (tertiary/aromatic N) is 1. The van der Waals surface area contributed by atoms with E-state index in [9.17, 15) is 9.59 Å². The Kier molecular flexibility index (Phi) is 6.21. The second kappa shape index (κ2) is 8.27. The summed E-state index contributed by atoms with van der Waals surface area (Å²) >= 11 is 19.5. The number of hydrogen-bond donors (Lipinski definition) is 0. The lowest BCUT2D eigenvalue weighted by atomic mass is 10.1. The molecule has 3 nitrogen and oxygen atoms in total. The molecule has 0 unspecified atom stereocenters. The van der Waals surface area contributed by atoms with Crippen molar-refractivity contribution in [2.24, 2.45) is 5.92 Å². The van der Waals surface area contributed by atoms with Crippen LogP contribution in [0.25, 0.3) is 5.57 Å². The molecule has 1 heterocycles. The van der Waals surface area contributed by atoms with E-state index in [1.165, 1.54) is 16.7 Å². The first-order valence-corrected chi connectivity index (χ1v) is 10.2. The van der Waals surface area contributed by atoms with Crippen molar-refractivity contribution in [3.05, 3.63) is 68.0 Å². The Labute approximate surface area is 177 Å². The van der Waals surface area contributed by atoms with E-state index in [0.717, 1.165) is 4.90 Å². The van der Waals surface area contributed by atoms with Crippen LogP contribution in [0.2, 0.25) is 15.1 Å². The fourth-order valence-corrected chi connectivity index (χ4v) is 4.36. The van der Waals surface area contributed by atoms with E-state index in [1.54, 1.807) is 30.3 Å². The molecule has 0 bridgehead atoms. The number of benzene rings is 2. The summed E-state index contributed by atoms with van der Waals surface area (Å²) in [7, 11) is 0. The highest BCUT2D eigenvalue weighted by Gasteiger charge is 2.40. The molecule has 0 radical (unpaired) electrons. The van der Waals surface area contributed by atoms with Gasteiger partial charge in [0.1, 0.15) is 0 Å². The average molecular weight is 441 g/mol. The minimum atomic E-state index is -0.339. The maximum absolute atomic E-state index is 13.1. The van der Waals surface area contributed by atoms with Gasteiger partial charge in [-0.25, -0.2) is 0 Å². The van der Waals surface area contributed by atoms with Gasteiger partial charge in [-0.05, 0) is 42.3 Å². The van der Waals surface area contributed by atoms with Crippen molar-refractivity contribution in [2.75, 3.05) is 6.54 Å². The third-order valence-electron chi connectivity index (χ3n) is 3.91. The van der Waals surface area contributed by atoms with Crippen molar-refractivity contribution in [3.63, 3.8) is 0 Å². The summed E-state index contributed by atoms with van der Waals surface area (Å²) in [5.74, 6) is -0.497. The van der Waals surface area contributed by atoms with Gasteiger partial charge in [0.15, 0.2) is 0 Å². The molecule has 0 fully saturated rings. The number of rotatable bonds is 5. The molecule has 0 N–H and O–H groups in total. The molecule has 7 heteroatoms. The van der Waals surface area contributed by atoms with E-state index in [-0.39, 0.29) is 17.7 Å². The van der Waals surface area contributed by atoms with Crippen LogP contribution in [-0.4, -0.2) is 23.3 Å². The highest BCUT2D eigenvalue weighted by molar-refractivity contribution is 8.04. The van der Waals surface area contributed by atoms with Gasteiger partial charge in [-0.1, -0.05) is 66.5 Å². The first-order valence-electron chi connectivity index (χ1n) is 8.27. The molecule has 2 aromatic rings. The average Bonchev–Trinajstić information content (AvgIpc) is 2.81. The van der Waals surface area contributed by atoms with Gasteiger partial charge >= 0.3 is 0 Å². The minimum absolute atomic E-state index is 0.153. The second-order valence-electron chi connectivity index (χ2n) is 6.50. The number of imide groups is 1. The number of thioether (sulfide) groups is 1. The summed E-state index contributed by atoms with van der Waals surface area (Å²) in [5, 5.41) is 1.40. The van der Waals surface area contributed by atoms with E-state index in [4.69, 9.17) is 34.8 Å². The van der Waals surface area contributed by atoms with Gasteiger partial charge in [-0.3, -0.25) is 14.5 Å². The number of carbonyl (C=O) groups excluding carboxylic acids is 2. The Balaban J connectivity index is 2.10. The fourth-order valence-electron chi connectivity index (χ4n) is 2.73. The molecule has 27 heavy (non-hydrogen) atoms. The number of carbonyl (C=O) groups is 2. The molecule has 0 atom stereocenters. The smallest absolute Gasteiger partial charge is 0.268 e. The van der Waals surface area contributed by atoms with Crippen LogP contribution in [0.5, 0.6) is 0 Å². The second-order valence-corrected chi connectivity index (χ2v) is 8.86. The Hall–Kier alpha value is -1.46. The molecule has 2 aromatic carbocycles. The third-order valence-corrected chi connectivity index (χ3v) is 5.80. The monoisotopic (exact) mass is 439 g/mol. The summed E-state index contributed by atoms with van der Waals surface area (Å²) < 4.78 is 0. The largest absolute Gasteiger partial charge is 0.274 e. The first-order chi connectivity index (χ1) is 12.8. The molecular weight excluding hydrogens is 425 g/mol. The lowest BCUT2D eigenvalue weighted by Crippen LogP contribution is -2.34. The molecule has 0 saturated carbocycles. The van der Waals surface area contributed by atoms with Crippen molar-refractivity contribution in [1.29, 1.82) is 0 Å². The molecule has 140 valence electrons. The summed E-state index contributed by atoms with van der Waals surface area (Å²) in [6.07, 6.45) is 0. The molecule has 1 aliphatic rings. The molecular formula is C20H16Cl3NO2S. The lowest BCUT2D eigenvalue weighted by Gasteiger charge is -2.17. The molecule has 2 amide bonds. The van der Waals surface area contributed by atoms with Crippen LogP contribution >= 0.6 is 46.6 Å². The van der Waals surface area contributed by atoms with Crippen LogP contribution in [0.3, 0.4) is 0 Å². The van der Waals surface area contributed by atoms with E-state index in [2.05, 4.69) is 0 Å². The normalized spacial score (nSPS) is 14.7. The van der Waals surface area contributed by atoms with Crippen molar-refractivity contribution < 1.29 is 9.59 Å². The number of halogens is 3. The van der Waals surface area contributed by atoms with E-state index in [1.807, 2.05) is 26.0 Å². The maximum Gasteiger partial charge on any atom is 0.268 e. The zero-order valence-corrected chi connectivity index (χ0v) is 17.7. The Bertz CT molecular complexity index is 939. The van der Waals surface area contributed by atoms with Gasteiger partial charge in [0.2, 0.25) is 0 Å².